The summed E-state index contributed by atoms with van der Waals surface area (Å²) in [6.07, 6.45) is 1.81. The van der Waals surface area contributed by atoms with E-state index in [9.17, 15) is 4.79 Å². The third-order valence-corrected chi connectivity index (χ3v) is 3.93. The second kappa shape index (κ2) is 6.06. The number of carbonyl (C=O) groups is 1. The Balaban J connectivity index is 1.61. The van der Waals surface area contributed by atoms with Crippen LogP contribution in [0.25, 0.3) is 17.1 Å². The van der Waals surface area contributed by atoms with Crippen molar-refractivity contribution in [1.29, 1.82) is 0 Å². The molecule has 10 heteroatoms. The molecule has 0 saturated carbocycles. The highest BCUT2D eigenvalue weighted by atomic mass is 16.5. The fourth-order valence-electron chi connectivity index (χ4n) is 2.71. The Morgan fingerprint density at radius 1 is 1.19 bits per heavy atom. The zero-order chi connectivity index (χ0) is 18.3. The molecule has 0 aliphatic rings. The van der Waals surface area contributed by atoms with E-state index in [0.29, 0.717) is 45.8 Å². The second-order valence-electron chi connectivity index (χ2n) is 5.76. The van der Waals surface area contributed by atoms with Gasteiger partial charge in [-0.1, -0.05) is 10.3 Å². The monoisotopic (exact) mass is 353 g/mol. The summed E-state index contributed by atoms with van der Waals surface area (Å²) in [5.41, 5.74) is 2.21. The van der Waals surface area contributed by atoms with E-state index in [1.54, 1.807) is 31.4 Å². The van der Waals surface area contributed by atoms with E-state index < -0.39 is 0 Å². The number of hydrogen-bond donors (Lipinski definition) is 1. The van der Waals surface area contributed by atoms with E-state index in [1.807, 2.05) is 12.1 Å². The predicted molar refractivity (Wildman–Crippen MR) is 88.2 cm³/mol. The topological polar surface area (TPSA) is 124 Å². The zero-order valence-electron chi connectivity index (χ0n) is 14.3. The Morgan fingerprint density at radius 3 is 2.73 bits per heavy atom. The van der Waals surface area contributed by atoms with Gasteiger partial charge in [0.25, 0.3) is 11.8 Å². The molecule has 4 aromatic heterocycles. The molecule has 0 fully saturated rings. The Labute approximate surface area is 147 Å². The minimum Gasteiger partial charge on any atom is -0.361 e. The minimum absolute atomic E-state index is 0.191. The average Bonchev–Trinajstić information content (AvgIpc) is 3.32. The molecule has 132 valence electrons. The summed E-state index contributed by atoms with van der Waals surface area (Å²) in [5, 5.41) is 18.7. The van der Waals surface area contributed by atoms with Crippen LogP contribution < -0.4 is 5.32 Å². The van der Waals surface area contributed by atoms with Crippen molar-refractivity contribution in [2.24, 2.45) is 0 Å². The summed E-state index contributed by atoms with van der Waals surface area (Å²) in [7, 11) is 0. The summed E-state index contributed by atoms with van der Waals surface area (Å²) in [6, 6.07) is 3.65. The molecule has 0 saturated heterocycles. The van der Waals surface area contributed by atoms with Gasteiger partial charge < -0.3 is 14.4 Å². The Bertz CT molecular complexity index is 1090. The van der Waals surface area contributed by atoms with Gasteiger partial charge in [0.05, 0.1) is 17.8 Å². The normalized spacial score (nSPS) is 11.2. The lowest BCUT2D eigenvalue weighted by Gasteiger charge is -2.04. The van der Waals surface area contributed by atoms with Gasteiger partial charge in [-0.05, 0) is 32.9 Å². The molecule has 4 rings (SSSR count). The maximum atomic E-state index is 12.4. The minimum atomic E-state index is -0.276. The lowest BCUT2D eigenvalue weighted by atomic mass is 10.2. The molecule has 0 aromatic carbocycles. The summed E-state index contributed by atoms with van der Waals surface area (Å²) in [4.78, 5) is 16.6. The van der Waals surface area contributed by atoms with Crippen molar-refractivity contribution >= 4 is 11.6 Å². The highest BCUT2D eigenvalue weighted by Gasteiger charge is 2.19. The average molecular weight is 353 g/mol. The number of aromatic nitrogens is 6. The van der Waals surface area contributed by atoms with Crippen LogP contribution in [0.2, 0.25) is 0 Å². The molecule has 1 amide bonds. The SMILES string of the molecule is Cc1noc(-c2cccn3c(CNC(=O)c4c(C)noc4C)nnc23)n1. The molecule has 0 atom stereocenters. The third kappa shape index (κ3) is 2.61. The number of hydrogen-bond acceptors (Lipinski definition) is 8. The quantitative estimate of drug-likeness (QED) is 0.587. The highest BCUT2D eigenvalue weighted by molar-refractivity contribution is 5.96. The molecule has 26 heavy (non-hydrogen) atoms. The van der Waals surface area contributed by atoms with Crippen molar-refractivity contribution in [1.82, 2.24) is 35.2 Å². The Morgan fingerprint density at radius 2 is 2.04 bits per heavy atom. The number of amides is 1. The number of fused-ring (bicyclic) bond motifs is 1. The van der Waals surface area contributed by atoms with Crippen LogP contribution in [-0.4, -0.2) is 35.8 Å². The molecule has 0 aliphatic heterocycles. The van der Waals surface area contributed by atoms with Crippen LogP contribution in [0, 0.1) is 20.8 Å². The Hall–Kier alpha value is -3.56. The summed E-state index contributed by atoms with van der Waals surface area (Å²) in [5.74, 6) is 1.67. The van der Waals surface area contributed by atoms with Crippen LogP contribution >= 0.6 is 0 Å². The number of pyridine rings is 1. The van der Waals surface area contributed by atoms with E-state index in [-0.39, 0.29) is 12.5 Å². The van der Waals surface area contributed by atoms with Gasteiger partial charge in [0.2, 0.25) is 0 Å². The molecule has 10 nitrogen and oxygen atoms in total. The fraction of sp³-hybridized carbons (Fsp3) is 0.250. The van der Waals surface area contributed by atoms with Gasteiger partial charge in [0.1, 0.15) is 11.3 Å². The number of carbonyl (C=O) groups excluding carboxylic acids is 1. The van der Waals surface area contributed by atoms with Crippen LogP contribution in [0.15, 0.2) is 27.4 Å². The first-order valence-electron chi connectivity index (χ1n) is 7.89. The summed E-state index contributed by atoms with van der Waals surface area (Å²) >= 11 is 0. The first kappa shape index (κ1) is 15.9. The van der Waals surface area contributed by atoms with E-state index in [0.717, 1.165) is 0 Å². The van der Waals surface area contributed by atoms with Gasteiger partial charge in [-0.3, -0.25) is 9.20 Å². The highest BCUT2D eigenvalue weighted by Crippen LogP contribution is 2.22. The zero-order valence-corrected chi connectivity index (χ0v) is 14.3. The molecule has 4 heterocycles. The van der Waals surface area contributed by atoms with Crippen LogP contribution in [0.5, 0.6) is 0 Å². The van der Waals surface area contributed by atoms with Crippen molar-refractivity contribution in [2.45, 2.75) is 27.3 Å². The van der Waals surface area contributed by atoms with Gasteiger partial charge in [-0.25, -0.2) is 0 Å². The predicted octanol–water partition coefficient (Wildman–Crippen LogP) is 1.62. The molecular weight excluding hydrogens is 338 g/mol. The van der Waals surface area contributed by atoms with E-state index >= 15 is 0 Å². The molecule has 0 unspecified atom stereocenters. The fourth-order valence-corrected chi connectivity index (χ4v) is 2.71. The third-order valence-electron chi connectivity index (χ3n) is 3.93. The molecule has 0 spiro atoms. The molecule has 4 aromatic rings. The molecule has 1 N–H and O–H groups in total. The largest absolute Gasteiger partial charge is 0.361 e. The number of rotatable bonds is 4. The van der Waals surface area contributed by atoms with Crippen molar-refractivity contribution in [2.75, 3.05) is 0 Å². The lowest BCUT2D eigenvalue weighted by Crippen LogP contribution is -2.25. The summed E-state index contributed by atoms with van der Waals surface area (Å²) < 4.78 is 12.0. The van der Waals surface area contributed by atoms with Gasteiger partial charge in [0.15, 0.2) is 17.3 Å². The Kier molecular flexibility index (Phi) is 3.72. The van der Waals surface area contributed by atoms with E-state index in [2.05, 4.69) is 30.8 Å². The van der Waals surface area contributed by atoms with Crippen LogP contribution in [0.3, 0.4) is 0 Å². The van der Waals surface area contributed by atoms with E-state index in [4.69, 9.17) is 9.05 Å². The lowest BCUT2D eigenvalue weighted by molar-refractivity contribution is 0.0947. The number of aryl methyl sites for hydroxylation is 3. The van der Waals surface area contributed by atoms with E-state index in [1.165, 1.54) is 0 Å². The molecule has 0 bridgehead atoms. The van der Waals surface area contributed by atoms with Crippen molar-refractivity contribution < 1.29 is 13.8 Å². The van der Waals surface area contributed by atoms with Gasteiger partial charge in [-0.15, -0.1) is 10.2 Å². The van der Waals surface area contributed by atoms with Crippen LogP contribution in [-0.2, 0) is 6.54 Å². The molecule has 0 aliphatic carbocycles. The number of nitrogens with one attached hydrogen (secondary N) is 1. The second-order valence-corrected chi connectivity index (χ2v) is 5.76. The first-order valence-corrected chi connectivity index (χ1v) is 7.89. The van der Waals surface area contributed by atoms with Gasteiger partial charge >= 0.3 is 0 Å². The first-order chi connectivity index (χ1) is 12.5. The van der Waals surface area contributed by atoms with Gasteiger partial charge in [0, 0.05) is 6.20 Å². The number of nitrogens with zero attached hydrogens (tertiary/aromatic N) is 6. The molecular formula is C16H15N7O3. The van der Waals surface area contributed by atoms with Crippen molar-refractivity contribution in [3.63, 3.8) is 0 Å². The molecule has 0 radical (unpaired) electrons. The maximum Gasteiger partial charge on any atom is 0.261 e. The van der Waals surface area contributed by atoms with Crippen molar-refractivity contribution in [3.05, 3.63) is 47.0 Å². The van der Waals surface area contributed by atoms with Crippen LogP contribution in [0.1, 0.15) is 33.5 Å². The summed E-state index contributed by atoms with van der Waals surface area (Å²) in [6.45, 7) is 5.35. The van der Waals surface area contributed by atoms with Crippen molar-refractivity contribution in [3.8, 4) is 11.5 Å². The smallest absolute Gasteiger partial charge is 0.261 e. The van der Waals surface area contributed by atoms with Gasteiger partial charge in [-0.2, -0.15) is 4.98 Å². The standard InChI is InChI=1S/C16H15N7O3/c1-8-13(9(2)25-21-8)15(24)17-7-12-19-20-14-11(5-4-6-23(12)14)16-18-10(3)22-26-16/h4-6H,7H2,1-3H3,(H,17,24). The van der Waals surface area contributed by atoms with Crippen LogP contribution in [0.4, 0.5) is 0 Å². The maximum absolute atomic E-state index is 12.4.